The van der Waals surface area contributed by atoms with Crippen LogP contribution in [0.3, 0.4) is 0 Å². The molecule has 0 N–H and O–H groups in total. The number of Topliss-reactive ketones (excluding diaryl/α,β-unsaturated/α-hetero) is 1. The van der Waals surface area contributed by atoms with Gasteiger partial charge in [0.05, 0.1) is 15.5 Å². The first-order chi connectivity index (χ1) is 13.8. The fourth-order valence-electron chi connectivity index (χ4n) is 3.14. The number of alkyl halides is 3. The van der Waals surface area contributed by atoms with E-state index in [0.717, 1.165) is 12.3 Å². The second-order valence-electron chi connectivity index (χ2n) is 6.65. The van der Waals surface area contributed by atoms with Crippen molar-refractivity contribution in [3.8, 4) is 0 Å². The van der Waals surface area contributed by atoms with Gasteiger partial charge >= 0.3 is 6.18 Å². The Bertz CT molecular complexity index is 874. The predicted molar refractivity (Wildman–Crippen MR) is 106 cm³/mol. The van der Waals surface area contributed by atoms with Crippen LogP contribution in [-0.2, 0) is 11.0 Å². The number of halogens is 4. The molecule has 0 radical (unpaired) electrons. The van der Waals surface area contributed by atoms with Gasteiger partial charge < -0.3 is 9.80 Å². The lowest BCUT2D eigenvalue weighted by Gasteiger charge is -2.24. The molecular weight excluding hydrogens is 427 g/mol. The average Bonchev–Trinajstić information content (AvgIpc) is 3.10. The van der Waals surface area contributed by atoms with E-state index in [1.54, 1.807) is 21.9 Å². The minimum atomic E-state index is -4.50. The maximum Gasteiger partial charge on any atom is 0.417 e. The third kappa shape index (κ3) is 5.48. The van der Waals surface area contributed by atoms with Crippen molar-refractivity contribution in [1.82, 2.24) is 9.88 Å². The number of rotatable bonds is 5. The summed E-state index contributed by atoms with van der Waals surface area (Å²) in [6.07, 6.45) is -2.81. The summed E-state index contributed by atoms with van der Waals surface area (Å²) >= 11 is 7.39. The predicted octanol–water partition coefficient (Wildman–Crippen LogP) is 4.52. The summed E-state index contributed by atoms with van der Waals surface area (Å²) in [5, 5.41) is 1.75. The lowest BCUT2D eigenvalue weighted by atomic mass is 10.2. The number of pyridine rings is 1. The van der Waals surface area contributed by atoms with Crippen LogP contribution in [0.15, 0.2) is 29.8 Å². The summed E-state index contributed by atoms with van der Waals surface area (Å²) in [7, 11) is 0. The topological polar surface area (TPSA) is 53.5 Å². The number of amides is 1. The van der Waals surface area contributed by atoms with Gasteiger partial charge in [-0.25, -0.2) is 4.98 Å². The van der Waals surface area contributed by atoms with Gasteiger partial charge in [0.2, 0.25) is 5.91 Å². The van der Waals surface area contributed by atoms with E-state index < -0.39 is 11.7 Å². The molecular formula is C19H19ClF3N3O2S. The monoisotopic (exact) mass is 445 g/mol. The number of anilines is 1. The average molecular weight is 446 g/mol. The highest BCUT2D eigenvalue weighted by molar-refractivity contribution is 7.12. The molecule has 0 aromatic carbocycles. The van der Waals surface area contributed by atoms with Crippen molar-refractivity contribution >= 4 is 40.4 Å². The molecule has 0 bridgehead atoms. The number of ketones is 1. The molecule has 2 aromatic rings. The Hall–Kier alpha value is -2.13. The second-order valence-corrected chi connectivity index (χ2v) is 8.00. The Morgan fingerprint density at radius 3 is 2.62 bits per heavy atom. The van der Waals surface area contributed by atoms with Crippen LogP contribution >= 0.6 is 22.9 Å². The smallest absolute Gasteiger partial charge is 0.354 e. The minimum Gasteiger partial charge on any atom is -0.354 e. The van der Waals surface area contributed by atoms with E-state index in [9.17, 15) is 22.8 Å². The van der Waals surface area contributed by atoms with Gasteiger partial charge in [-0.2, -0.15) is 13.2 Å². The number of thiophene rings is 1. The Balaban J connectivity index is 1.57. The van der Waals surface area contributed by atoms with Crippen molar-refractivity contribution in [3.63, 3.8) is 0 Å². The van der Waals surface area contributed by atoms with E-state index in [1.807, 2.05) is 5.38 Å². The van der Waals surface area contributed by atoms with Crippen LogP contribution in [0, 0.1) is 0 Å². The first kappa shape index (κ1) is 21.6. The zero-order chi connectivity index (χ0) is 21.0. The number of carbonyl (C=O) groups is 2. The molecule has 1 saturated heterocycles. The number of carbonyl (C=O) groups excluding carboxylic acids is 2. The SMILES string of the molecule is O=C(CCC(=O)N1CCCN(c2ncc(C(F)(F)F)cc2Cl)CC1)c1cccs1. The standard InChI is InChI=1S/C19H19ClF3N3O2S/c20-14-11-13(19(21,22)23)12-24-18(14)26-7-2-6-25(8-9-26)17(28)5-4-15(27)16-3-1-10-29-16/h1,3,10-12H,2,4-9H2. The molecule has 0 atom stereocenters. The van der Waals surface area contributed by atoms with E-state index in [0.29, 0.717) is 37.5 Å². The normalized spacial score (nSPS) is 15.3. The summed E-state index contributed by atoms with van der Waals surface area (Å²) in [6, 6.07) is 4.40. The molecule has 156 valence electrons. The molecule has 3 rings (SSSR count). The van der Waals surface area contributed by atoms with Crippen molar-refractivity contribution in [1.29, 1.82) is 0 Å². The Labute approximate surface area is 175 Å². The molecule has 10 heteroatoms. The van der Waals surface area contributed by atoms with E-state index >= 15 is 0 Å². The molecule has 1 aliphatic rings. The van der Waals surface area contributed by atoms with E-state index in [1.165, 1.54) is 11.3 Å². The maximum absolute atomic E-state index is 12.8. The molecule has 1 aliphatic heterocycles. The van der Waals surface area contributed by atoms with Gasteiger partial charge in [-0.1, -0.05) is 17.7 Å². The largest absolute Gasteiger partial charge is 0.417 e. The lowest BCUT2D eigenvalue weighted by molar-refractivity contribution is -0.137. The highest BCUT2D eigenvalue weighted by atomic mass is 35.5. The number of aromatic nitrogens is 1. The minimum absolute atomic E-state index is 0.0504. The van der Waals surface area contributed by atoms with Crippen LogP contribution in [0.1, 0.15) is 34.5 Å². The highest BCUT2D eigenvalue weighted by Gasteiger charge is 2.32. The van der Waals surface area contributed by atoms with Gasteiger partial charge in [0, 0.05) is 45.2 Å². The molecule has 1 fully saturated rings. The van der Waals surface area contributed by atoms with Gasteiger partial charge in [0.1, 0.15) is 5.82 Å². The summed E-state index contributed by atoms with van der Waals surface area (Å²) in [5.74, 6) is 0.121. The lowest BCUT2D eigenvalue weighted by Crippen LogP contribution is -2.35. The second kappa shape index (κ2) is 9.13. The molecule has 5 nitrogen and oxygen atoms in total. The van der Waals surface area contributed by atoms with Gasteiger partial charge in [0.15, 0.2) is 5.78 Å². The number of nitrogens with zero attached hydrogens (tertiary/aromatic N) is 3. The van der Waals surface area contributed by atoms with E-state index in [-0.39, 0.29) is 35.4 Å². The number of hydrogen-bond donors (Lipinski definition) is 0. The molecule has 1 amide bonds. The Morgan fingerprint density at radius 1 is 1.17 bits per heavy atom. The molecule has 3 heterocycles. The van der Waals surface area contributed by atoms with Crippen molar-refractivity contribution in [2.75, 3.05) is 31.1 Å². The molecule has 0 aliphatic carbocycles. The van der Waals surface area contributed by atoms with Crippen LogP contribution in [0.2, 0.25) is 5.02 Å². The maximum atomic E-state index is 12.8. The Morgan fingerprint density at radius 2 is 1.97 bits per heavy atom. The van der Waals surface area contributed by atoms with E-state index in [2.05, 4.69) is 4.98 Å². The highest BCUT2D eigenvalue weighted by Crippen LogP contribution is 2.33. The van der Waals surface area contributed by atoms with Crippen LogP contribution in [-0.4, -0.2) is 47.8 Å². The quantitative estimate of drug-likeness (QED) is 0.635. The molecule has 29 heavy (non-hydrogen) atoms. The van der Waals surface area contributed by atoms with Gasteiger partial charge in [-0.05, 0) is 23.9 Å². The fraction of sp³-hybridized carbons (Fsp3) is 0.421. The van der Waals surface area contributed by atoms with Gasteiger partial charge in [-0.15, -0.1) is 11.3 Å². The van der Waals surface area contributed by atoms with E-state index in [4.69, 9.17) is 11.6 Å². The van der Waals surface area contributed by atoms with Gasteiger partial charge in [0.25, 0.3) is 0 Å². The van der Waals surface area contributed by atoms with Crippen molar-refractivity contribution in [2.45, 2.75) is 25.4 Å². The third-order valence-electron chi connectivity index (χ3n) is 4.66. The van der Waals surface area contributed by atoms with Gasteiger partial charge in [-0.3, -0.25) is 9.59 Å². The van der Waals surface area contributed by atoms with Crippen LogP contribution in [0.25, 0.3) is 0 Å². The summed E-state index contributed by atoms with van der Waals surface area (Å²) in [5.41, 5.74) is -0.895. The number of hydrogen-bond acceptors (Lipinski definition) is 5. The van der Waals surface area contributed by atoms with Crippen LogP contribution in [0.4, 0.5) is 19.0 Å². The van der Waals surface area contributed by atoms with Crippen LogP contribution in [0.5, 0.6) is 0 Å². The zero-order valence-corrected chi connectivity index (χ0v) is 17.0. The molecule has 2 aromatic heterocycles. The first-order valence-electron chi connectivity index (χ1n) is 9.08. The molecule has 0 saturated carbocycles. The summed E-state index contributed by atoms with van der Waals surface area (Å²) in [6.45, 7) is 1.84. The fourth-order valence-corrected chi connectivity index (χ4v) is 4.12. The third-order valence-corrected chi connectivity index (χ3v) is 5.85. The van der Waals surface area contributed by atoms with Crippen molar-refractivity contribution in [3.05, 3.63) is 45.2 Å². The zero-order valence-electron chi connectivity index (χ0n) is 15.4. The summed E-state index contributed by atoms with van der Waals surface area (Å²) < 4.78 is 38.4. The first-order valence-corrected chi connectivity index (χ1v) is 10.3. The van der Waals surface area contributed by atoms with Crippen molar-refractivity contribution in [2.24, 2.45) is 0 Å². The molecule has 0 spiro atoms. The molecule has 0 unspecified atom stereocenters. The van der Waals surface area contributed by atoms with Crippen molar-refractivity contribution < 1.29 is 22.8 Å². The van der Waals surface area contributed by atoms with Crippen LogP contribution < -0.4 is 4.90 Å². The Kier molecular flexibility index (Phi) is 6.79. The summed E-state index contributed by atoms with van der Waals surface area (Å²) in [4.78, 5) is 32.5.